The van der Waals surface area contributed by atoms with E-state index in [2.05, 4.69) is 13.8 Å². The molecule has 4 rings (SSSR count). The Morgan fingerprint density at radius 3 is 1.13 bits per heavy atom. The zero-order chi connectivity index (χ0) is 33.1. The highest BCUT2D eigenvalue weighted by molar-refractivity contribution is 7.87. The van der Waals surface area contributed by atoms with Gasteiger partial charge in [0, 0.05) is 10.8 Å². The lowest BCUT2D eigenvalue weighted by Crippen LogP contribution is -2.08. The van der Waals surface area contributed by atoms with Gasteiger partial charge in [0.1, 0.15) is 9.79 Å². The second-order valence-electron chi connectivity index (χ2n) is 11.7. The van der Waals surface area contributed by atoms with Crippen LogP contribution < -0.4 is 0 Å². The van der Waals surface area contributed by atoms with Gasteiger partial charge in [0.05, 0.1) is 13.2 Å². The number of hydrogen-bond donors (Lipinski definition) is 0. The predicted octanol–water partition coefficient (Wildman–Crippen LogP) is 10.6. The quantitative estimate of drug-likeness (QED) is 0.0688. The van der Waals surface area contributed by atoms with E-state index >= 15 is 0 Å². The largest absolute Gasteiger partial charge is 0.297 e. The van der Waals surface area contributed by atoms with Gasteiger partial charge in [-0.25, -0.2) is 0 Å². The van der Waals surface area contributed by atoms with Gasteiger partial charge in [-0.05, 0) is 35.7 Å². The smallest absolute Gasteiger partial charge is 0.266 e. The fourth-order valence-electron chi connectivity index (χ4n) is 5.41. The van der Waals surface area contributed by atoms with Crippen LogP contribution in [0, 0.1) is 0 Å². The molecule has 0 aliphatic carbocycles. The van der Waals surface area contributed by atoms with Gasteiger partial charge in [-0.3, -0.25) is 8.37 Å². The van der Waals surface area contributed by atoms with Crippen LogP contribution in [0.2, 0.25) is 0 Å². The third-order valence-corrected chi connectivity index (χ3v) is 10.8. The van der Waals surface area contributed by atoms with Gasteiger partial charge in [0.15, 0.2) is 0 Å². The van der Waals surface area contributed by atoms with Crippen molar-refractivity contribution in [1.82, 2.24) is 0 Å². The second kappa shape index (κ2) is 20.5. The average molecular weight is 669 g/mol. The average Bonchev–Trinajstić information content (AvgIpc) is 3.07. The summed E-state index contributed by atoms with van der Waals surface area (Å²) in [7, 11) is -7.38. The lowest BCUT2D eigenvalue weighted by molar-refractivity contribution is 0.306. The Morgan fingerprint density at radius 2 is 0.739 bits per heavy atom. The van der Waals surface area contributed by atoms with E-state index in [0.717, 1.165) is 60.1 Å². The van der Waals surface area contributed by atoms with Gasteiger partial charge in [0.25, 0.3) is 20.2 Å². The fraction of sp³-hybridized carbons (Fsp3) is 0.474. The van der Waals surface area contributed by atoms with Crippen molar-refractivity contribution in [1.29, 1.82) is 0 Å². The molecule has 8 heteroatoms. The number of benzene rings is 4. The monoisotopic (exact) mass is 668 g/mol. The third kappa shape index (κ3) is 12.4. The van der Waals surface area contributed by atoms with E-state index in [9.17, 15) is 16.8 Å². The summed E-state index contributed by atoms with van der Waals surface area (Å²) in [5.74, 6) is 0. The molecule has 252 valence electrons. The molecule has 4 aromatic rings. The van der Waals surface area contributed by atoms with E-state index in [1.807, 2.05) is 60.7 Å². The minimum absolute atomic E-state index is 0.263. The molecule has 0 atom stereocenters. The lowest BCUT2D eigenvalue weighted by Gasteiger charge is -2.08. The maximum absolute atomic E-state index is 12.4. The summed E-state index contributed by atoms with van der Waals surface area (Å²) in [5, 5.41) is 3.25. The maximum Gasteiger partial charge on any atom is 0.297 e. The molecule has 6 nitrogen and oxygen atoms in total. The first-order chi connectivity index (χ1) is 22.3. The molecule has 0 aromatic heterocycles. The van der Waals surface area contributed by atoms with Gasteiger partial charge in [0.2, 0.25) is 0 Å². The molecule has 46 heavy (non-hydrogen) atoms. The molecule has 0 saturated carbocycles. The minimum Gasteiger partial charge on any atom is -0.266 e. The minimum atomic E-state index is -3.69. The van der Waals surface area contributed by atoms with Gasteiger partial charge >= 0.3 is 0 Å². The standard InChI is InChI=1S/2C19H26O3S/c2*1-2-3-4-5-6-7-10-16-22-23(20,21)19-15-11-13-17-12-8-9-14-18(17)19/h2*8-9,11-15H,2-7,10,16H2,1H3. The molecular formula is C38H52O6S2. The van der Waals surface area contributed by atoms with Crippen LogP contribution in [0.3, 0.4) is 0 Å². The Bertz CT molecular complexity index is 1530. The van der Waals surface area contributed by atoms with Crippen molar-refractivity contribution in [3.05, 3.63) is 84.9 Å². The van der Waals surface area contributed by atoms with E-state index in [0.29, 0.717) is 0 Å². The molecule has 0 fully saturated rings. The van der Waals surface area contributed by atoms with E-state index in [4.69, 9.17) is 8.37 Å². The summed E-state index contributed by atoms with van der Waals surface area (Å²) in [6.07, 6.45) is 16.0. The predicted molar refractivity (Wildman–Crippen MR) is 190 cm³/mol. The summed E-state index contributed by atoms with van der Waals surface area (Å²) in [5.41, 5.74) is 0. The molecule has 0 saturated heterocycles. The van der Waals surface area contributed by atoms with Crippen molar-refractivity contribution >= 4 is 41.8 Å². The van der Waals surface area contributed by atoms with E-state index in [1.54, 1.807) is 24.3 Å². The zero-order valence-corrected chi connectivity index (χ0v) is 29.3. The molecule has 0 radical (unpaired) electrons. The van der Waals surface area contributed by atoms with E-state index < -0.39 is 20.2 Å². The fourth-order valence-corrected chi connectivity index (χ4v) is 7.74. The summed E-state index contributed by atoms with van der Waals surface area (Å²) in [6.45, 7) is 4.93. The van der Waals surface area contributed by atoms with Crippen LogP contribution in [0.5, 0.6) is 0 Å². The van der Waals surface area contributed by atoms with E-state index in [-0.39, 0.29) is 23.0 Å². The van der Waals surface area contributed by atoms with Crippen LogP contribution in [0.25, 0.3) is 21.5 Å². The molecule has 0 unspecified atom stereocenters. The topological polar surface area (TPSA) is 86.7 Å². The normalized spacial score (nSPS) is 11.9. The van der Waals surface area contributed by atoms with Gasteiger partial charge < -0.3 is 0 Å². The van der Waals surface area contributed by atoms with Crippen LogP contribution in [0.4, 0.5) is 0 Å². The Morgan fingerprint density at radius 1 is 0.413 bits per heavy atom. The van der Waals surface area contributed by atoms with Crippen molar-refractivity contribution in [2.75, 3.05) is 13.2 Å². The first-order valence-corrected chi connectivity index (χ1v) is 19.9. The Hall–Kier alpha value is -2.78. The molecule has 0 bridgehead atoms. The SMILES string of the molecule is CCCCCCCCCOS(=O)(=O)c1cccc2ccccc12.CCCCCCCCCOS(=O)(=O)c1cccc2ccccc12. The highest BCUT2D eigenvalue weighted by Crippen LogP contribution is 2.26. The number of unbranched alkanes of at least 4 members (excludes halogenated alkanes) is 12. The molecule has 4 aromatic carbocycles. The van der Waals surface area contributed by atoms with Gasteiger partial charge in [-0.15, -0.1) is 0 Å². The summed E-state index contributed by atoms with van der Waals surface area (Å²) in [6, 6.07) is 25.5. The Labute approximate surface area is 277 Å². The van der Waals surface area contributed by atoms with Crippen molar-refractivity contribution < 1.29 is 25.2 Å². The molecule has 0 spiro atoms. The van der Waals surface area contributed by atoms with Crippen LogP contribution in [0.1, 0.15) is 104 Å². The highest BCUT2D eigenvalue weighted by atomic mass is 32.2. The molecule has 0 amide bonds. The molecule has 0 heterocycles. The Kier molecular flexibility index (Phi) is 16.8. The zero-order valence-electron chi connectivity index (χ0n) is 27.7. The molecule has 0 aliphatic heterocycles. The number of rotatable bonds is 20. The van der Waals surface area contributed by atoms with Crippen LogP contribution in [0.15, 0.2) is 94.7 Å². The first kappa shape index (κ1) is 37.7. The van der Waals surface area contributed by atoms with Crippen LogP contribution in [-0.2, 0) is 28.6 Å². The van der Waals surface area contributed by atoms with Crippen molar-refractivity contribution in [3.8, 4) is 0 Å². The van der Waals surface area contributed by atoms with E-state index in [1.165, 1.54) is 51.4 Å². The van der Waals surface area contributed by atoms with Crippen LogP contribution >= 0.6 is 0 Å². The van der Waals surface area contributed by atoms with Crippen molar-refractivity contribution in [2.24, 2.45) is 0 Å². The van der Waals surface area contributed by atoms with Gasteiger partial charge in [-0.2, -0.15) is 16.8 Å². The van der Waals surface area contributed by atoms with Crippen LogP contribution in [-0.4, -0.2) is 30.0 Å². The summed E-state index contributed by atoms with van der Waals surface area (Å²) in [4.78, 5) is 0.525. The molecule has 0 N–H and O–H groups in total. The van der Waals surface area contributed by atoms with Crippen molar-refractivity contribution in [2.45, 2.75) is 114 Å². The highest BCUT2D eigenvalue weighted by Gasteiger charge is 2.19. The second-order valence-corrected chi connectivity index (χ2v) is 14.9. The molecular weight excluding hydrogens is 617 g/mol. The Balaban J connectivity index is 0.000000250. The summed E-state index contributed by atoms with van der Waals surface area (Å²) < 4.78 is 60.0. The number of fused-ring (bicyclic) bond motifs is 2. The molecule has 0 aliphatic rings. The number of hydrogen-bond acceptors (Lipinski definition) is 6. The lowest BCUT2D eigenvalue weighted by atomic mass is 10.1. The third-order valence-electron chi connectivity index (χ3n) is 8.01. The van der Waals surface area contributed by atoms with Gasteiger partial charge in [-0.1, -0.05) is 164 Å². The maximum atomic E-state index is 12.4. The first-order valence-electron chi connectivity index (χ1n) is 17.0. The van der Waals surface area contributed by atoms with Crippen molar-refractivity contribution in [3.63, 3.8) is 0 Å². The summed E-state index contributed by atoms with van der Waals surface area (Å²) >= 11 is 0.